The van der Waals surface area contributed by atoms with Gasteiger partial charge in [-0.3, -0.25) is 4.68 Å². The minimum Gasteiger partial charge on any atom is -0.487 e. The Morgan fingerprint density at radius 3 is 2.38 bits per heavy atom. The van der Waals surface area contributed by atoms with E-state index in [4.69, 9.17) is 16.3 Å². The second-order valence-corrected chi connectivity index (χ2v) is 6.21. The van der Waals surface area contributed by atoms with Gasteiger partial charge in [0.15, 0.2) is 0 Å². The number of aryl methyl sites for hydroxylation is 4. The van der Waals surface area contributed by atoms with Crippen LogP contribution in [-0.4, -0.2) is 9.78 Å². The molecule has 5 heteroatoms. The number of hydrogen-bond acceptors (Lipinski definition) is 2. The summed E-state index contributed by atoms with van der Waals surface area (Å²) in [5.41, 5.74) is 4.19. The summed E-state index contributed by atoms with van der Waals surface area (Å²) in [4.78, 5) is 0. The molecule has 1 aromatic carbocycles. The van der Waals surface area contributed by atoms with Gasteiger partial charge in [-0.1, -0.05) is 34.5 Å². The fraction of sp³-hybridized carbons (Fsp3) is 0.438. The second-order valence-electron chi connectivity index (χ2n) is 5.04. The van der Waals surface area contributed by atoms with E-state index in [2.05, 4.69) is 48.7 Å². The van der Waals surface area contributed by atoms with E-state index in [9.17, 15) is 0 Å². The summed E-state index contributed by atoms with van der Waals surface area (Å²) in [6, 6.07) is 4.05. The Morgan fingerprint density at radius 1 is 1.24 bits per heavy atom. The Bertz CT molecular complexity index is 629. The monoisotopic (exact) mass is 370 g/mol. The van der Waals surface area contributed by atoms with E-state index in [-0.39, 0.29) is 0 Å². The minimum absolute atomic E-state index is 0.431. The predicted molar refractivity (Wildman–Crippen MR) is 90.2 cm³/mol. The Kier molecular flexibility index (Phi) is 5.33. The number of ether oxygens (including phenoxy) is 1. The van der Waals surface area contributed by atoms with Gasteiger partial charge in [0.25, 0.3) is 0 Å². The van der Waals surface area contributed by atoms with Gasteiger partial charge in [-0.25, -0.2) is 0 Å². The third-order valence-electron chi connectivity index (χ3n) is 3.48. The zero-order chi connectivity index (χ0) is 15.6. The quantitative estimate of drug-likeness (QED) is 0.733. The average Bonchev–Trinajstić information content (AvgIpc) is 2.78. The fourth-order valence-corrected chi connectivity index (χ4v) is 2.85. The lowest BCUT2D eigenvalue weighted by molar-refractivity contribution is 0.292. The molecule has 0 saturated heterocycles. The average molecular weight is 372 g/mol. The highest BCUT2D eigenvalue weighted by atomic mass is 79.9. The SMILES string of the molecule is CCc1nn(CC)c(COc2cc(C)c(Br)c(C)c2)c1Cl. The molecule has 0 radical (unpaired) electrons. The lowest BCUT2D eigenvalue weighted by Crippen LogP contribution is -2.06. The van der Waals surface area contributed by atoms with Crippen LogP contribution in [0.1, 0.15) is 36.4 Å². The van der Waals surface area contributed by atoms with Crippen LogP contribution in [0.25, 0.3) is 0 Å². The maximum Gasteiger partial charge on any atom is 0.131 e. The first-order valence-corrected chi connectivity index (χ1v) is 8.28. The van der Waals surface area contributed by atoms with Gasteiger partial charge in [-0.05, 0) is 50.5 Å². The predicted octanol–water partition coefficient (Wildman–Crippen LogP) is 5.08. The normalized spacial score (nSPS) is 11.0. The summed E-state index contributed by atoms with van der Waals surface area (Å²) in [6.45, 7) is 9.45. The van der Waals surface area contributed by atoms with E-state index < -0.39 is 0 Å². The topological polar surface area (TPSA) is 27.1 Å². The van der Waals surface area contributed by atoms with Crippen LogP contribution in [0, 0.1) is 13.8 Å². The summed E-state index contributed by atoms with van der Waals surface area (Å²) < 4.78 is 8.96. The van der Waals surface area contributed by atoms with Gasteiger partial charge in [0.2, 0.25) is 0 Å². The van der Waals surface area contributed by atoms with Crippen molar-refractivity contribution in [3.63, 3.8) is 0 Å². The van der Waals surface area contributed by atoms with Gasteiger partial charge < -0.3 is 4.74 Å². The summed E-state index contributed by atoms with van der Waals surface area (Å²) in [5.74, 6) is 0.853. The summed E-state index contributed by atoms with van der Waals surface area (Å²) in [5, 5.41) is 5.23. The van der Waals surface area contributed by atoms with Gasteiger partial charge in [0, 0.05) is 11.0 Å². The molecule has 0 aliphatic carbocycles. The van der Waals surface area contributed by atoms with Gasteiger partial charge >= 0.3 is 0 Å². The number of hydrogen-bond donors (Lipinski definition) is 0. The van der Waals surface area contributed by atoms with Crippen LogP contribution in [0.2, 0.25) is 5.02 Å². The standard InChI is InChI=1S/C16H20BrClN2O/c1-5-13-16(18)14(20(6-2)19-13)9-21-12-7-10(3)15(17)11(4)8-12/h7-8H,5-6,9H2,1-4H3. The molecular formula is C16H20BrClN2O. The van der Waals surface area contributed by atoms with E-state index in [0.29, 0.717) is 6.61 Å². The largest absolute Gasteiger partial charge is 0.487 e. The van der Waals surface area contributed by atoms with E-state index in [1.54, 1.807) is 0 Å². The highest BCUT2D eigenvalue weighted by Gasteiger charge is 2.15. The summed E-state index contributed by atoms with van der Waals surface area (Å²) in [6.07, 6.45) is 0.829. The van der Waals surface area contributed by atoms with E-state index in [1.807, 2.05) is 16.8 Å². The highest BCUT2D eigenvalue weighted by molar-refractivity contribution is 9.10. The molecular weight excluding hydrogens is 352 g/mol. The number of aromatic nitrogens is 2. The van der Waals surface area contributed by atoms with E-state index >= 15 is 0 Å². The minimum atomic E-state index is 0.431. The lowest BCUT2D eigenvalue weighted by atomic mass is 10.1. The first-order valence-electron chi connectivity index (χ1n) is 7.11. The van der Waals surface area contributed by atoms with Crippen molar-refractivity contribution in [2.24, 2.45) is 0 Å². The van der Waals surface area contributed by atoms with Crippen molar-refractivity contribution in [2.75, 3.05) is 0 Å². The molecule has 114 valence electrons. The zero-order valence-corrected chi connectivity index (χ0v) is 15.2. The van der Waals surface area contributed by atoms with Crippen LogP contribution in [-0.2, 0) is 19.6 Å². The van der Waals surface area contributed by atoms with E-state index in [1.165, 1.54) is 0 Å². The van der Waals surface area contributed by atoms with Crippen molar-refractivity contribution in [3.8, 4) is 5.75 Å². The Balaban J connectivity index is 2.22. The maximum absolute atomic E-state index is 6.39. The van der Waals surface area contributed by atoms with Gasteiger partial charge in [0.1, 0.15) is 12.4 Å². The Labute approximate surface area is 139 Å². The number of benzene rings is 1. The van der Waals surface area contributed by atoms with Gasteiger partial charge in [-0.15, -0.1) is 0 Å². The lowest BCUT2D eigenvalue weighted by Gasteiger charge is -2.11. The Morgan fingerprint density at radius 2 is 1.86 bits per heavy atom. The molecule has 1 heterocycles. The molecule has 0 saturated carbocycles. The Hall–Kier alpha value is -1.000. The first-order chi connectivity index (χ1) is 9.97. The first kappa shape index (κ1) is 16.4. The van der Waals surface area contributed by atoms with Crippen LogP contribution < -0.4 is 4.74 Å². The number of nitrogens with zero attached hydrogens (tertiary/aromatic N) is 2. The molecule has 21 heavy (non-hydrogen) atoms. The molecule has 2 rings (SSSR count). The van der Waals surface area contributed by atoms with Crippen LogP contribution in [0.15, 0.2) is 16.6 Å². The molecule has 0 amide bonds. The second kappa shape index (κ2) is 6.84. The molecule has 2 aromatic rings. The highest BCUT2D eigenvalue weighted by Crippen LogP contribution is 2.28. The molecule has 0 atom stereocenters. The van der Waals surface area contributed by atoms with Crippen molar-refractivity contribution < 1.29 is 4.74 Å². The third-order valence-corrected chi connectivity index (χ3v) is 5.17. The van der Waals surface area contributed by atoms with Crippen molar-refractivity contribution >= 4 is 27.5 Å². The van der Waals surface area contributed by atoms with Crippen molar-refractivity contribution in [1.82, 2.24) is 9.78 Å². The van der Waals surface area contributed by atoms with Gasteiger partial charge in [0.05, 0.1) is 16.4 Å². The van der Waals surface area contributed by atoms with Crippen molar-refractivity contribution in [3.05, 3.63) is 44.1 Å². The fourth-order valence-electron chi connectivity index (χ4n) is 2.30. The molecule has 0 bridgehead atoms. The molecule has 0 fully saturated rings. The number of rotatable bonds is 5. The van der Waals surface area contributed by atoms with Crippen LogP contribution in [0.3, 0.4) is 0 Å². The van der Waals surface area contributed by atoms with Crippen LogP contribution >= 0.6 is 27.5 Å². The molecule has 0 aliphatic heterocycles. The molecule has 0 unspecified atom stereocenters. The van der Waals surface area contributed by atoms with Crippen LogP contribution in [0.5, 0.6) is 5.75 Å². The summed E-state index contributed by atoms with van der Waals surface area (Å²) >= 11 is 9.96. The van der Waals surface area contributed by atoms with E-state index in [0.717, 1.165) is 50.7 Å². The molecule has 1 aromatic heterocycles. The molecule has 0 N–H and O–H groups in total. The van der Waals surface area contributed by atoms with Crippen molar-refractivity contribution in [2.45, 2.75) is 47.3 Å². The molecule has 0 aliphatic rings. The number of halogens is 2. The third kappa shape index (κ3) is 3.43. The zero-order valence-electron chi connectivity index (χ0n) is 12.8. The molecule has 0 spiro atoms. The smallest absolute Gasteiger partial charge is 0.131 e. The molecule has 3 nitrogen and oxygen atoms in total. The van der Waals surface area contributed by atoms with Gasteiger partial charge in [-0.2, -0.15) is 5.10 Å². The maximum atomic E-state index is 6.39. The van der Waals surface area contributed by atoms with Crippen LogP contribution in [0.4, 0.5) is 0 Å². The van der Waals surface area contributed by atoms with Crippen molar-refractivity contribution in [1.29, 1.82) is 0 Å². The summed E-state index contributed by atoms with van der Waals surface area (Å²) in [7, 11) is 0.